The summed E-state index contributed by atoms with van der Waals surface area (Å²) in [5, 5.41) is 9.34. The number of carbonyl (C=O) groups is 1. The first-order valence-electron chi connectivity index (χ1n) is 5.25. The van der Waals surface area contributed by atoms with Crippen LogP contribution in [0.25, 0.3) is 0 Å². The van der Waals surface area contributed by atoms with Crippen molar-refractivity contribution in [2.45, 2.75) is 31.1 Å². The maximum Gasteiger partial charge on any atom is 0.314 e. The molecule has 0 bridgehead atoms. The molecule has 0 aliphatic heterocycles. The topological polar surface area (TPSA) is 37.3 Å². The number of rotatable bonds is 2. The predicted molar refractivity (Wildman–Crippen MR) is 61.9 cm³/mol. The van der Waals surface area contributed by atoms with Gasteiger partial charge in [-0.3, -0.25) is 4.79 Å². The Hall–Kier alpha value is -0.900. The van der Waals surface area contributed by atoms with Gasteiger partial charge in [-0.25, -0.2) is 4.39 Å². The first kappa shape index (κ1) is 11.6. The van der Waals surface area contributed by atoms with Gasteiger partial charge in [0, 0.05) is 0 Å². The first-order valence-corrected chi connectivity index (χ1v) is 6.04. The second kappa shape index (κ2) is 4.17. The van der Waals surface area contributed by atoms with Crippen molar-refractivity contribution in [2.24, 2.45) is 0 Å². The minimum atomic E-state index is -0.873. The molecule has 0 spiro atoms. The Morgan fingerprint density at radius 1 is 1.38 bits per heavy atom. The lowest BCUT2D eigenvalue weighted by molar-refractivity contribution is -0.143. The highest BCUT2D eigenvalue weighted by Crippen LogP contribution is 2.42. The van der Waals surface area contributed by atoms with Gasteiger partial charge in [0.2, 0.25) is 0 Å². The summed E-state index contributed by atoms with van der Waals surface area (Å²) in [7, 11) is 0. The Bertz CT molecular complexity index is 425. The molecule has 0 saturated heterocycles. The van der Waals surface area contributed by atoms with E-state index in [2.05, 4.69) is 15.9 Å². The van der Waals surface area contributed by atoms with Crippen LogP contribution >= 0.6 is 15.9 Å². The molecule has 2 rings (SSSR count). The van der Waals surface area contributed by atoms with Crippen LogP contribution in [0.3, 0.4) is 0 Å². The average molecular weight is 287 g/mol. The van der Waals surface area contributed by atoms with Crippen molar-refractivity contribution >= 4 is 21.9 Å². The van der Waals surface area contributed by atoms with Crippen LogP contribution in [-0.2, 0) is 10.2 Å². The maximum absolute atomic E-state index is 13.4. The monoisotopic (exact) mass is 286 g/mol. The van der Waals surface area contributed by atoms with Gasteiger partial charge in [0.05, 0.1) is 9.89 Å². The van der Waals surface area contributed by atoms with Gasteiger partial charge in [-0.05, 0) is 46.5 Å². The van der Waals surface area contributed by atoms with Crippen molar-refractivity contribution in [2.75, 3.05) is 0 Å². The van der Waals surface area contributed by atoms with Crippen molar-refractivity contribution in [3.8, 4) is 0 Å². The third-order valence-electron chi connectivity index (χ3n) is 3.34. The number of aliphatic carboxylic acids is 1. The summed E-state index contributed by atoms with van der Waals surface area (Å²) < 4.78 is 13.8. The number of halogens is 2. The normalized spacial score (nSPS) is 18.6. The van der Waals surface area contributed by atoms with Crippen LogP contribution in [0.2, 0.25) is 0 Å². The number of benzene rings is 1. The third-order valence-corrected chi connectivity index (χ3v) is 3.98. The molecular formula is C12H12BrFO2. The van der Waals surface area contributed by atoms with E-state index in [0.717, 1.165) is 12.8 Å². The molecule has 0 aromatic heterocycles. The Labute approximate surface area is 102 Å². The van der Waals surface area contributed by atoms with Crippen LogP contribution in [0.4, 0.5) is 4.39 Å². The Morgan fingerprint density at radius 2 is 2.00 bits per heavy atom. The lowest BCUT2D eigenvalue weighted by Gasteiger charge is -2.24. The number of hydrogen-bond donors (Lipinski definition) is 1. The Balaban J connectivity index is 2.47. The number of carboxylic acid groups (broad SMARTS) is 1. The van der Waals surface area contributed by atoms with Gasteiger partial charge in [0.15, 0.2) is 0 Å². The summed E-state index contributed by atoms with van der Waals surface area (Å²) in [6, 6.07) is 4.61. The van der Waals surface area contributed by atoms with E-state index < -0.39 is 17.2 Å². The van der Waals surface area contributed by atoms with Crippen LogP contribution in [0.1, 0.15) is 31.2 Å². The van der Waals surface area contributed by atoms with Gasteiger partial charge in [0.25, 0.3) is 0 Å². The van der Waals surface area contributed by atoms with Crippen LogP contribution in [0.15, 0.2) is 22.7 Å². The molecule has 4 heteroatoms. The van der Waals surface area contributed by atoms with Crippen molar-refractivity contribution in [1.29, 1.82) is 0 Å². The second-order valence-corrected chi connectivity index (χ2v) is 5.08. The molecule has 86 valence electrons. The van der Waals surface area contributed by atoms with Crippen molar-refractivity contribution in [1.82, 2.24) is 0 Å². The largest absolute Gasteiger partial charge is 0.481 e. The summed E-state index contributed by atoms with van der Waals surface area (Å²) in [4.78, 5) is 11.4. The van der Waals surface area contributed by atoms with E-state index in [-0.39, 0.29) is 0 Å². The molecule has 1 aromatic carbocycles. The van der Waals surface area contributed by atoms with E-state index in [4.69, 9.17) is 0 Å². The van der Waals surface area contributed by atoms with Crippen molar-refractivity contribution < 1.29 is 14.3 Å². The van der Waals surface area contributed by atoms with E-state index in [9.17, 15) is 14.3 Å². The summed E-state index contributed by atoms with van der Waals surface area (Å²) in [6.07, 6.45) is 2.99. The SMILES string of the molecule is O=C(O)C1(c2ccc(Br)c(F)c2)CCCC1. The molecule has 0 unspecified atom stereocenters. The quantitative estimate of drug-likeness (QED) is 0.904. The van der Waals surface area contributed by atoms with Crippen molar-refractivity contribution in [3.63, 3.8) is 0 Å². The fraction of sp³-hybridized carbons (Fsp3) is 0.417. The molecule has 1 aliphatic carbocycles. The molecule has 1 aliphatic rings. The summed E-state index contributed by atoms with van der Waals surface area (Å²) in [5.41, 5.74) is -0.292. The Kier molecular flexibility index (Phi) is 3.02. The fourth-order valence-electron chi connectivity index (χ4n) is 2.40. The van der Waals surface area contributed by atoms with E-state index in [1.165, 1.54) is 6.07 Å². The first-order chi connectivity index (χ1) is 7.56. The molecule has 1 fully saturated rings. The molecule has 2 nitrogen and oxygen atoms in total. The van der Waals surface area contributed by atoms with E-state index >= 15 is 0 Å². The van der Waals surface area contributed by atoms with Crippen LogP contribution in [0.5, 0.6) is 0 Å². The highest BCUT2D eigenvalue weighted by atomic mass is 79.9. The molecule has 1 saturated carbocycles. The maximum atomic E-state index is 13.4. The minimum absolute atomic E-state index is 0.370. The highest BCUT2D eigenvalue weighted by Gasteiger charge is 2.43. The molecule has 16 heavy (non-hydrogen) atoms. The lowest BCUT2D eigenvalue weighted by Crippen LogP contribution is -2.32. The lowest BCUT2D eigenvalue weighted by atomic mass is 9.79. The standard InChI is InChI=1S/C12H12BrFO2/c13-9-4-3-8(7-10(9)14)12(11(15)16)5-1-2-6-12/h3-4,7H,1-2,5-6H2,(H,15,16). The zero-order chi connectivity index (χ0) is 11.8. The summed E-state index contributed by atoms with van der Waals surface area (Å²) in [5.74, 6) is -1.24. The predicted octanol–water partition coefficient (Wildman–Crippen LogP) is 3.48. The third kappa shape index (κ3) is 1.75. The molecule has 1 aromatic rings. The zero-order valence-corrected chi connectivity index (χ0v) is 10.3. The van der Waals surface area contributed by atoms with Gasteiger partial charge in [-0.2, -0.15) is 0 Å². The molecule has 0 heterocycles. The van der Waals surface area contributed by atoms with Gasteiger partial charge < -0.3 is 5.11 Å². The number of hydrogen-bond acceptors (Lipinski definition) is 1. The van der Waals surface area contributed by atoms with Gasteiger partial charge in [-0.1, -0.05) is 18.9 Å². The van der Waals surface area contributed by atoms with Crippen LogP contribution in [0, 0.1) is 5.82 Å². The van der Waals surface area contributed by atoms with Gasteiger partial charge in [-0.15, -0.1) is 0 Å². The van der Waals surface area contributed by atoms with Gasteiger partial charge in [0.1, 0.15) is 5.82 Å². The van der Waals surface area contributed by atoms with Gasteiger partial charge >= 0.3 is 5.97 Å². The summed E-state index contributed by atoms with van der Waals surface area (Å²) in [6.45, 7) is 0. The fourth-order valence-corrected chi connectivity index (χ4v) is 2.64. The van der Waals surface area contributed by atoms with Crippen molar-refractivity contribution in [3.05, 3.63) is 34.1 Å². The Morgan fingerprint density at radius 3 is 2.50 bits per heavy atom. The molecule has 0 amide bonds. The highest BCUT2D eigenvalue weighted by molar-refractivity contribution is 9.10. The molecular weight excluding hydrogens is 275 g/mol. The summed E-state index contributed by atoms with van der Waals surface area (Å²) >= 11 is 3.07. The molecule has 1 N–H and O–H groups in total. The average Bonchev–Trinajstić information content (AvgIpc) is 2.72. The molecule has 0 radical (unpaired) electrons. The van der Waals surface area contributed by atoms with Crippen LogP contribution in [-0.4, -0.2) is 11.1 Å². The van der Waals surface area contributed by atoms with E-state index in [1.54, 1.807) is 12.1 Å². The smallest absolute Gasteiger partial charge is 0.314 e. The second-order valence-electron chi connectivity index (χ2n) is 4.22. The van der Waals surface area contributed by atoms with Crippen LogP contribution < -0.4 is 0 Å². The number of carboxylic acids is 1. The van der Waals surface area contributed by atoms with E-state index in [1.807, 2.05) is 0 Å². The zero-order valence-electron chi connectivity index (χ0n) is 8.67. The molecule has 0 atom stereocenters. The van der Waals surface area contributed by atoms with E-state index in [0.29, 0.717) is 22.9 Å². The minimum Gasteiger partial charge on any atom is -0.481 e.